The zero-order valence-corrected chi connectivity index (χ0v) is 18.7. The molecule has 1 amide bonds. The molecule has 6 nitrogen and oxygen atoms in total. The van der Waals surface area contributed by atoms with Crippen LogP contribution in [0, 0.1) is 0 Å². The van der Waals surface area contributed by atoms with Crippen LogP contribution in [0.2, 0.25) is 0 Å². The molecule has 1 atom stereocenters. The number of aromatic nitrogens is 1. The summed E-state index contributed by atoms with van der Waals surface area (Å²) in [5, 5.41) is 4.23. The number of nitrogens with zero attached hydrogens (tertiary/aromatic N) is 1. The van der Waals surface area contributed by atoms with Crippen LogP contribution in [-0.4, -0.2) is 24.4 Å². The summed E-state index contributed by atoms with van der Waals surface area (Å²) in [6, 6.07) is 22.0. The highest BCUT2D eigenvalue weighted by Gasteiger charge is 2.22. The maximum atomic E-state index is 13.1. The quantitative estimate of drug-likeness (QED) is 0.449. The number of para-hydroxylation sites is 1. The average Bonchev–Trinajstić information content (AvgIpc) is 3.45. The molecule has 1 aliphatic rings. The number of amides is 1. The molecule has 3 aromatic carbocycles. The predicted molar refractivity (Wildman–Crippen MR) is 127 cm³/mol. The first-order valence-electron chi connectivity index (χ1n) is 11.0. The predicted octanol–water partition coefficient (Wildman–Crippen LogP) is 4.75. The molecule has 0 saturated heterocycles. The van der Waals surface area contributed by atoms with Gasteiger partial charge in [0.2, 0.25) is 12.7 Å². The van der Waals surface area contributed by atoms with E-state index < -0.39 is 0 Å². The van der Waals surface area contributed by atoms with Gasteiger partial charge in [-0.25, -0.2) is 0 Å². The first-order chi connectivity index (χ1) is 16.1. The SMILES string of the molecule is COc1ccc(C(CC(=O)NCc2ccc3c(c2)OCO3)c2cn(C)c3ccccc23)cc1. The van der Waals surface area contributed by atoms with E-state index in [2.05, 4.69) is 28.2 Å². The number of nitrogens with one attached hydrogen (secondary N) is 1. The summed E-state index contributed by atoms with van der Waals surface area (Å²) in [6.07, 6.45) is 2.47. The van der Waals surface area contributed by atoms with Gasteiger partial charge in [-0.3, -0.25) is 4.79 Å². The van der Waals surface area contributed by atoms with Crippen molar-refractivity contribution in [2.45, 2.75) is 18.9 Å². The van der Waals surface area contributed by atoms with Gasteiger partial charge in [0.1, 0.15) is 5.75 Å². The van der Waals surface area contributed by atoms with Crippen molar-refractivity contribution in [1.29, 1.82) is 0 Å². The number of aryl methyl sites for hydroxylation is 1. The summed E-state index contributed by atoms with van der Waals surface area (Å²) in [6.45, 7) is 0.667. The fourth-order valence-corrected chi connectivity index (χ4v) is 4.40. The normalized spacial score (nSPS) is 13.2. The van der Waals surface area contributed by atoms with Crippen LogP contribution < -0.4 is 19.5 Å². The number of benzene rings is 3. The second kappa shape index (κ2) is 8.90. The number of methoxy groups -OCH3 is 1. The van der Waals surface area contributed by atoms with Gasteiger partial charge < -0.3 is 24.1 Å². The smallest absolute Gasteiger partial charge is 0.231 e. The molecule has 1 unspecified atom stereocenters. The minimum absolute atomic E-state index is 0.0126. The van der Waals surface area contributed by atoms with E-state index in [0.29, 0.717) is 18.7 Å². The fraction of sp³-hybridized carbons (Fsp3) is 0.222. The average molecular weight is 443 g/mol. The zero-order chi connectivity index (χ0) is 22.8. The molecule has 2 heterocycles. The Balaban J connectivity index is 1.39. The lowest BCUT2D eigenvalue weighted by atomic mass is 9.88. The van der Waals surface area contributed by atoms with Crippen LogP contribution in [0.5, 0.6) is 17.2 Å². The van der Waals surface area contributed by atoms with Crippen molar-refractivity contribution in [2.24, 2.45) is 7.05 Å². The Hall–Kier alpha value is -3.93. The van der Waals surface area contributed by atoms with Crippen molar-refractivity contribution in [3.8, 4) is 17.2 Å². The van der Waals surface area contributed by atoms with Crippen LogP contribution in [0.15, 0.2) is 72.9 Å². The van der Waals surface area contributed by atoms with Gasteiger partial charge in [0.25, 0.3) is 0 Å². The number of hydrogen-bond acceptors (Lipinski definition) is 4. The van der Waals surface area contributed by atoms with E-state index in [1.165, 1.54) is 0 Å². The van der Waals surface area contributed by atoms with Gasteiger partial charge >= 0.3 is 0 Å². The summed E-state index contributed by atoms with van der Waals surface area (Å²) >= 11 is 0. The molecule has 0 aliphatic carbocycles. The second-order valence-electron chi connectivity index (χ2n) is 8.21. The molecule has 1 aromatic heterocycles. The van der Waals surface area contributed by atoms with Gasteiger partial charge in [0.05, 0.1) is 7.11 Å². The van der Waals surface area contributed by atoms with Crippen LogP contribution in [0.4, 0.5) is 0 Å². The standard InChI is InChI=1S/C27H26N2O4/c1-29-16-23(21-5-3-4-6-24(21)29)22(19-8-10-20(31-2)11-9-19)14-27(30)28-15-18-7-12-25-26(13-18)33-17-32-25/h3-13,16,22H,14-15,17H2,1-2H3,(H,28,30). The summed E-state index contributed by atoms with van der Waals surface area (Å²) in [5.74, 6) is 2.15. The van der Waals surface area contributed by atoms with E-state index in [1.807, 2.05) is 61.6 Å². The van der Waals surface area contributed by atoms with Crippen molar-refractivity contribution in [1.82, 2.24) is 9.88 Å². The molecule has 0 radical (unpaired) electrons. The third-order valence-electron chi connectivity index (χ3n) is 6.14. The van der Waals surface area contributed by atoms with E-state index in [4.69, 9.17) is 14.2 Å². The summed E-state index contributed by atoms with van der Waals surface area (Å²) in [4.78, 5) is 13.1. The third kappa shape index (κ3) is 4.24. The molecule has 33 heavy (non-hydrogen) atoms. The Morgan fingerprint density at radius 2 is 1.85 bits per heavy atom. The Morgan fingerprint density at radius 3 is 2.67 bits per heavy atom. The number of carbonyl (C=O) groups excluding carboxylic acids is 1. The maximum Gasteiger partial charge on any atom is 0.231 e. The van der Waals surface area contributed by atoms with E-state index >= 15 is 0 Å². The first kappa shape index (κ1) is 20.9. The Bertz CT molecular complexity index is 1290. The molecule has 0 saturated carbocycles. The molecule has 4 aromatic rings. The molecule has 1 aliphatic heterocycles. The largest absolute Gasteiger partial charge is 0.497 e. The molecule has 0 bridgehead atoms. The lowest BCUT2D eigenvalue weighted by Gasteiger charge is -2.18. The Morgan fingerprint density at radius 1 is 1.06 bits per heavy atom. The molecule has 1 N–H and O–H groups in total. The van der Waals surface area contributed by atoms with Gasteiger partial charge in [0, 0.05) is 43.0 Å². The number of carbonyl (C=O) groups is 1. The van der Waals surface area contributed by atoms with Crippen LogP contribution >= 0.6 is 0 Å². The number of fused-ring (bicyclic) bond motifs is 2. The van der Waals surface area contributed by atoms with E-state index in [-0.39, 0.29) is 18.6 Å². The highest BCUT2D eigenvalue weighted by Crippen LogP contribution is 2.35. The second-order valence-corrected chi connectivity index (χ2v) is 8.21. The third-order valence-corrected chi connectivity index (χ3v) is 6.14. The minimum Gasteiger partial charge on any atom is -0.497 e. The highest BCUT2D eigenvalue weighted by atomic mass is 16.7. The van der Waals surface area contributed by atoms with Crippen LogP contribution in [0.1, 0.15) is 29.0 Å². The van der Waals surface area contributed by atoms with E-state index in [0.717, 1.165) is 39.1 Å². The fourth-order valence-electron chi connectivity index (χ4n) is 4.40. The Labute approximate surface area is 192 Å². The molecule has 5 rings (SSSR count). The van der Waals surface area contributed by atoms with Gasteiger partial charge in [-0.1, -0.05) is 36.4 Å². The maximum absolute atomic E-state index is 13.1. The Kier molecular flexibility index (Phi) is 5.65. The van der Waals surface area contributed by atoms with Crippen molar-refractivity contribution in [2.75, 3.05) is 13.9 Å². The van der Waals surface area contributed by atoms with Crippen molar-refractivity contribution in [3.63, 3.8) is 0 Å². The summed E-state index contributed by atoms with van der Waals surface area (Å²) in [7, 11) is 3.69. The van der Waals surface area contributed by atoms with Crippen LogP contribution in [0.3, 0.4) is 0 Å². The lowest BCUT2D eigenvalue weighted by molar-refractivity contribution is -0.121. The highest BCUT2D eigenvalue weighted by molar-refractivity contribution is 5.86. The van der Waals surface area contributed by atoms with Gasteiger partial charge in [-0.05, 0) is 47.0 Å². The van der Waals surface area contributed by atoms with Gasteiger partial charge in [0.15, 0.2) is 11.5 Å². The monoisotopic (exact) mass is 442 g/mol. The molecule has 6 heteroatoms. The summed E-state index contributed by atoms with van der Waals surface area (Å²) in [5.41, 5.74) is 4.33. The van der Waals surface area contributed by atoms with Crippen LogP contribution in [0.25, 0.3) is 10.9 Å². The number of rotatable bonds is 7. The summed E-state index contributed by atoms with van der Waals surface area (Å²) < 4.78 is 18.2. The zero-order valence-electron chi connectivity index (χ0n) is 18.7. The van der Waals surface area contributed by atoms with Gasteiger partial charge in [-0.2, -0.15) is 0 Å². The number of hydrogen-bond donors (Lipinski definition) is 1. The van der Waals surface area contributed by atoms with Crippen LogP contribution in [-0.2, 0) is 18.4 Å². The van der Waals surface area contributed by atoms with Gasteiger partial charge in [-0.15, -0.1) is 0 Å². The molecule has 168 valence electrons. The van der Waals surface area contributed by atoms with Crippen molar-refractivity contribution < 1.29 is 19.0 Å². The van der Waals surface area contributed by atoms with E-state index in [1.54, 1.807) is 7.11 Å². The van der Waals surface area contributed by atoms with Crippen molar-refractivity contribution >= 4 is 16.8 Å². The van der Waals surface area contributed by atoms with E-state index in [9.17, 15) is 4.79 Å². The lowest BCUT2D eigenvalue weighted by Crippen LogP contribution is -2.25. The van der Waals surface area contributed by atoms with Crippen molar-refractivity contribution in [3.05, 3.63) is 89.6 Å². The molecule has 0 fully saturated rings. The first-order valence-corrected chi connectivity index (χ1v) is 11.0. The topological polar surface area (TPSA) is 61.7 Å². The molecular formula is C27H26N2O4. The molecular weight excluding hydrogens is 416 g/mol. The molecule has 0 spiro atoms. The minimum atomic E-state index is -0.0845. The number of ether oxygens (including phenoxy) is 3.